The molecule has 2 aromatic rings. The molecule has 0 saturated carbocycles. The van der Waals surface area contributed by atoms with Crippen LogP contribution in [-0.2, 0) is 11.3 Å². The molecule has 2 rings (SSSR count). The second kappa shape index (κ2) is 6.93. The van der Waals surface area contributed by atoms with Crippen molar-refractivity contribution in [2.45, 2.75) is 6.54 Å². The Morgan fingerprint density at radius 3 is 2.80 bits per heavy atom. The molecule has 0 bridgehead atoms. The van der Waals surface area contributed by atoms with E-state index in [4.69, 9.17) is 23.2 Å². The number of likely N-dealkylation sites (N-methyl/N-ethyl adjacent to an activating group) is 1. The molecule has 1 amide bonds. The number of carbonyl (C=O) groups excluding carboxylic acids is 1. The van der Waals surface area contributed by atoms with Crippen molar-refractivity contribution in [3.63, 3.8) is 0 Å². The monoisotopic (exact) mass is 325 g/mol. The van der Waals surface area contributed by atoms with Crippen LogP contribution in [0.25, 0.3) is 6.08 Å². The van der Waals surface area contributed by atoms with E-state index in [1.165, 1.54) is 6.08 Å². The second-order valence-corrected chi connectivity index (χ2v) is 6.15. The first kappa shape index (κ1) is 15.1. The lowest BCUT2D eigenvalue weighted by Gasteiger charge is -2.13. The van der Waals surface area contributed by atoms with Crippen LogP contribution in [0.4, 0.5) is 0 Å². The highest BCUT2D eigenvalue weighted by molar-refractivity contribution is 7.09. The van der Waals surface area contributed by atoms with Crippen molar-refractivity contribution in [2.75, 3.05) is 7.05 Å². The lowest BCUT2D eigenvalue weighted by atomic mass is 10.2. The Bertz CT molecular complexity index is 623. The molecule has 1 aromatic carbocycles. The molecule has 2 nitrogen and oxygen atoms in total. The Morgan fingerprint density at radius 1 is 1.35 bits per heavy atom. The predicted molar refractivity (Wildman–Crippen MR) is 86.3 cm³/mol. The standard InChI is InChI=1S/C15H13Cl2NOS/c1-18(10-13-3-2-8-20-13)15(19)7-5-11-4-6-12(16)9-14(11)17/h2-9H,10H2,1H3. The molecule has 5 heteroatoms. The summed E-state index contributed by atoms with van der Waals surface area (Å²) in [6.45, 7) is 0.606. The maximum atomic E-state index is 12.0. The number of amides is 1. The first-order valence-electron chi connectivity index (χ1n) is 5.97. The summed E-state index contributed by atoms with van der Waals surface area (Å²) in [7, 11) is 1.77. The summed E-state index contributed by atoms with van der Waals surface area (Å²) in [5, 5.41) is 3.10. The van der Waals surface area contributed by atoms with Gasteiger partial charge in [0.2, 0.25) is 5.91 Å². The number of benzene rings is 1. The van der Waals surface area contributed by atoms with E-state index in [1.54, 1.807) is 47.6 Å². The highest BCUT2D eigenvalue weighted by atomic mass is 35.5. The van der Waals surface area contributed by atoms with E-state index in [0.29, 0.717) is 16.6 Å². The molecular weight excluding hydrogens is 313 g/mol. The topological polar surface area (TPSA) is 20.3 Å². The molecule has 0 fully saturated rings. The summed E-state index contributed by atoms with van der Waals surface area (Å²) in [5.41, 5.74) is 0.772. The highest BCUT2D eigenvalue weighted by Crippen LogP contribution is 2.22. The average molecular weight is 326 g/mol. The SMILES string of the molecule is CN(Cc1cccs1)C(=O)C=Cc1ccc(Cl)cc1Cl. The Labute approximate surface area is 132 Å². The predicted octanol–water partition coefficient (Wildman–Crippen LogP) is 4.73. The van der Waals surface area contributed by atoms with Crippen molar-refractivity contribution in [3.8, 4) is 0 Å². The normalized spacial score (nSPS) is 10.9. The molecule has 0 aliphatic rings. The Morgan fingerprint density at radius 2 is 2.15 bits per heavy atom. The number of rotatable bonds is 4. The first-order chi connectivity index (χ1) is 9.56. The fraction of sp³-hybridized carbons (Fsp3) is 0.133. The van der Waals surface area contributed by atoms with E-state index < -0.39 is 0 Å². The Kier molecular flexibility index (Phi) is 5.24. The smallest absolute Gasteiger partial charge is 0.246 e. The van der Waals surface area contributed by atoms with Crippen LogP contribution in [0.1, 0.15) is 10.4 Å². The van der Waals surface area contributed by atoms with Gasteiger partial charge in [-0.15, -0.1) is 11.3 Å². The van der Waals surface area contributed by atoms with Crippen molar-refractivity contribution in [3.05, 3.63) is 62.3 Å². The summed E-state index contributed by atoms with van der Waals surface area (Å²) >= 11 is 13.5. The van der Waals surface area contributed by atoms with Gasteiger partial charge in [-0.1, -0.05) is 35.3 Å². The van der Waals surface area contributed by atoms with Crippen LogP contribution >= 0.6 is 34.5 Å². The molecule has 0 aliphatic heterocycles. The largest absolute Gasteiger partial charge is 0.337 e. The molecule has 0 aliphatic carbocycles. The maximum Gasteiger partial charge on any atom is 0.246 e. The number of hydrogen-bond acceptors (Lipinski definition) is 2. The van der Waals surface area contributed by atoms with Gasteiger partial charge in [0.15, 0.2) is 0 Å². The van der Waals surface area contributed by atoms with Crippen LogP contribution < -0.4 is 0 Å². The highest BCUT2D eigenvalue weighted by Gasteiger charge is 2.06. The molecule has 0 unspecified atom stereocenters. The van der Waals surface area contributed by atoms with Gasteiger partial charge in [0.05, 0.1) is 6.54 Å². The lowest BCUT2D eigenvalue weighted by molar-refractivity contribution is -0.125. The van der Waals surface area contributed by atoms with Crippen LogP contribution in [0, 0.1) is 0 Å². The molecular formula is C15H13Cl2NOS. The number of halogens is 2. The van der Waals surface area contributed by atoms with Crippen molar-refractivity contribution < 1.29 is 4.79 Å². The molecule has 20 heavy (non-hydrogen) atoms. The molecule has 0 atom stereocenters. The molecule has 0 radical (unpaired) electrons. The number of hydrogen-bond donors (Lipinski definition) is 0. The number of nitrogens with zero attached hydrogens (tertiary/aromatic N) is 1. The summed E-state index contributed by atoms with van der Waals surface area (Å²) in [6, 6.07) is 9.17. The van der Waals surface area contributed by atoms with E-state index in [-0.39, 0.29) is 5.91 Å². The van der Waals surface area contributed by atoms with Gasteiger partial charge in [0.1, 0.15) is 0 Å². The fourth-order valence-electron chi connectivity index (χ4n) is 1.64. The zero-order valence-corrected chi connectivity index (χ0v) is 13.2. The molecule has 0 saturated heterocycles. The summed E-state index contributed by atoms with van der Waals surface area (Å²) in [5.74, 6) is -0.0654. The van der Waals surface area contributed by atoms with Crippen molar-refractivity contribution >= 4 is 46.5 Å². The third-order valence-electron chi connectivity index (χ3n) is 2.72. The van der Waals surface area contributed by atoms with Gasteiger partial charge in [-0.25, -0.2) is 0 Å². The van der Waals surface area contributed by atoms with Gasteiger partial charge in [-0.2, -0.15) is 0 Å². The molecule has 1 heterocycles. The van der Waals surface area contributed by atoms with Crippen molar-refractivity contribution in [1.29, 1.82) is 0 Å². The molecule has 0 spiro atoms. The van der Waals surface area contributed by atoms with Gasteiger partial charge in [-0.3, -0.25) is 4.79 Å². The van der Waals surface area contributed by atoms with E-state index in [1.807, 2.05) is 17.5 Å². The summed E-state index contributed by atoms with van der Waals surface area (Å²) in [6.07, 6.45) is 3.22. The van der Waals surface area contributed by atoms with E-state index >= 15 is 0 Å². The Balaban J connectivity index is 2.01. The van der Waals surface area contributed by atoms with Crippen LogP contribution in [0.15, 0.2) is 41.8 Å². The molecule has 0 N–H and O–H groups in total. The zero-order chi connectivity index (χ0) is 14.5. The van der Waals surface area contributed by atoms with E-state index in [2.05, 4.69) is 0 Å². The number of carbonyl (C=O) groups is 1. The summed E-state index contributed by atoms with van der Waals surface area (Å²) < 4.78 is 0. The van der Waals surface area contributed by atoms with Crippen molar-refractivity contribution in [2.24, 2.45) is 0 Å². The van der Waals surface area contributed by atoms with Gasteiger partial charge < -0.3 is 4.90 Å². The average Bonchev–Trinajstić information content (AvgIpc) is 2.90. The van der Waals surface area contributed by atoms with Crippen molar-refractivity contribution in [1.82, 2.24) is 4.90 Å². The van der Waals surface area contributed by atoms with Gasteiger partial charge in [-0.05, 0) is 35.2 Å². The van der Waals surface area contributed by atoms with Gasteiger partial charge in [0.25, 0.3) is 0 Å². The molecule has 104 valence electrons. The van der Waals surface area contributed by atoms with Crippen LogP contribution in [0.2, 0.25) is 10.0 Å². The summed E-state index contributed by atoms with van der Waals surface area (Å²) in [4.78, 5) is 14.8. The third-order valence-corrected chi connectivity index (χ3v) is 4.14. The maximum absolute atomic E-state index is 12.0. The van der Waals surface area contributed by atoms with E-state index in [9.17, 15) is 4.79 Å². The Hall–Kier alpha value is -1.29. The first-order valence-corrected chi connectivity index (χ1v) is 7.60. The van der Waals surface area contributed by atoms with Gasteiger partial charge >= 0.3 is 0 Å². The minimum atomic E-state index is -0.0654. The minimum absolute atomic E-state index is 0.0654. The van der Waals surface area contributed by atoms with Crippen LogP contribution in [-0.4, -0.2) is 17.9 Å². The van der Waals surface area contributed by atoms with Crippen LogP contribution in [0.5, 0.6) is 0 Å². The van der Waals surface area contributed by atoms with Gasteiger partial charge in [0, 0.05) is 28.0 Å². The molecule has 1 aromatic heterocycles. The third kappa shape index (κ3) is 4.10. The quantitative estimate of drug-likeness (QED) is 0.744. The van der Waals surface area contributed by atoms with Crippen LogP contribution in [0.3, 0.4) is 0 Å². The second-order valence-electron chi connectivity index (χ2n) is 4.27. The zero-order valence-electron chi connectivity index (χ0n) is 10.8. The fourth-order valence-corrected chi connectivity index (χ4v) is 2.87. The number of thiophene rings is 1. The van der Waals surface area contributed by atoms with E-state index in [0.717, 1.165) is 10.4 Å². The lowest BCUT2D eigenvalue weighted by Crippen LogP contribution is -2.23. The minimum Gasteiger partial charge on any atom is -0.337 e.